The molecule has 1 aromatic heterocycles. The summed E-state index contributed by atoms with van der Waals surface area (Å²) in [6.07, 6.45) is 0.145. The predicted molar refractivity (Wildman–Crippen MR) is 140 cm³/mol. The lowest BCUT2D eigenvalue weighted by Gasteiger charge is -2.37. The van der Waals surface area contributed by atoms with E-state index in [9.17, 15) is 18.3 Å². The van der Waals surface area contributed by atoms with Crippen LogP contribution in [0.5, 0.6) is 0 Å². The first-order chi connectivity index (χ1) is 17.0. The van der Waals surface area contributed by atoms with Crippen molar-refractivity contribution >= 4 is 44.6 Å². The number of primary sulfonamides is 1. The van der Waals surface area contributed by atoms with Crippen molar-refractivity contribution in [1.29, 1.82) is 0 Å². The number of benzene rings is 2. The molecule has 2 heterocycles. The van der Waals surface area contributed by atoms with Crippen LogP contribution in [0.1, 0.15) is 24.0 Å². The number of nitrogens with zero attached hydrogens (tertiary/aromatic N) is 2. The molecule has 1 aliphatic heterocycles. The van der Waals surface area contributed by atoms with E-state index >= 15 is 4.39 Å². The van der Waals surface area contributed by atoms with Crippen molar-refractivity contribution in [3.05, 3.63) is 70.1 Å². The first-order valence-corrected chi connectivity index (χ1v) is 14.1. The molecule has 7 nitrogen and oxygen atoms in total. The minimum atomic E-state index is -4.27. The molecular formula is C25H27ClFN3O4S2. The molecule has 0 radical (unpaired) electrons. The molecule has 3 aromatic rings. The second-order valence-corrected chi connectivity index (χ2v) is 12.3. The molecule has 1 aliphatic rings. The van der Waals surface area contributed by atoms with Gasteiger partial charge in [-0.1, -0.05) is 48.0 Å². The average molecular weight is 552 g/mol. The molecule has 0 bridgehead atoms. The van der Waals surface area contributed by atoms with Gasteiger partial charge in [-0.05, 0) is 54.8 Å². The highest BCUT2D eigenvalue weighted by atomic mass is 35.5. The van der Waals surface area contributed by atoms with Gasteiger partial charge in [-0.3, -0.25) is 9.69 Å². The lowest BCUT2D eigenvalue weighted by atomic mass is 9.87. The van der Waals surface area contributed by atoms with Gasteiger partial charge in [0.2, 0.25) is 15.7 Å². The Bertz CT molecular complexity index is 1370. The van der Waals surface area contributed by atoms with E-state index in [2.05, 4.69) is 0 Å². The van der Waals surface area contributed by atoms with Gasteiger partial charge in [0, 0.05) is 30.9 Å². The number of halogens is 2. The molecule has 1 atom stereocenters. The van der Waals surface area contributed by atoms with Crippen LogP contribution in [0.15, 0.2) is 58.8 Å². The fourth-order valence-electron chi connectivity index (χ4n) is 4.55. The molecule has 3 N–H and O–H groups in total. The van der Waals surface area contributed by atoms with E-state index < -0.39 is 25.8 Å². The number of amides is 1. The summed E-state index contributed by atoms with van der Waals surface area (Å²) in [6, 6.07) is 16.5. The topological polar surface area (TPSA) is 104 Å². The summed E-state index contributed by atoms with van der Waals surface area (Å²) in [4.78, 5) is 16.9. The van der Waals surface area contributed by atoms with Gasteiger partial charge in [-0.15, -0.1) is 11.3 Å². The third-order valence-electron chi connectivity index (χ3n) is 6.25. The van der Waals surface area contributed by atoms with Gasteiger partial charge < -0.3 is 10.0 Å². The SMILES string of the molecule is CN(CCO)Cc1cc(N2CCCC(F)(c3cc(Cl)sc3S(N)(=O)=O)C2=O)ccc1-c1ccccc1. The number of carbonyl (C=O) groups is 1. The van der Waals surface area contributed by atoms with Gasteiger partial charge in [-0.25, -0.2) is 17.9 Å². The van der Waals surface area contributed by atoms with E-state index in [0.717, 1.165) is 16.7 Å². The van der Waals surface area contributed by atoms with Gasteiger partial charge in [0.05, 0.1) is 10.9 Å². The average Bonchev–Trinajstić information content (AvgIpc) is 3.25. The molecule has 0 saturated carbocycles. The zero-order valence-electron chi connectivity index (χ0n) is 19.7. The fraction of sp³-hybridized carbons (Fsp3) is 0.320. The van der Waals surface area contributed by atoms with Crippen molar-refractivity contribution in [3.8, 4) is 11.1 Å². The summed E-state index contributed by atoms with van der Waals surface area (Å²) in [5.74, 6) is -0.852. The highest BCUT2D eigenvalue weighted by Gasteiger charge is 2.49. The van der Waals surface area contributed by atoms with Crippen LogP contribution in [0.3, 0.4) is 0 Å². The Labute approximate surface area is 219 Å². The predicted octanol–water partition coefficient (Wildman–Crippen LogP) is 4.13. The van der Waals surface area contributed by atoms with Crippen molar-refractivity contribution in [2.45, 2.75) is 29.3 Å². The number of aliphatic hydroxyl groups is 1. The van der Waals surface area contributed by atoms with E-state index in [1.807, 2.05) is 54.4 Å². The maximum atomic E-state index is 16.4. The first kappa shape index (κ1) is 26.7. The Hall–Kier alpha value is -2.34. The number of piperidine rings is 1. The molecule has 1 saturated heterocycles. The van der Waals surface area contributed by atoms with Crippen LogP contribution in [0.4, 0.5) is 10.1 Å². The maximum Gasteiger partial charge on any atom is 0.269 e. The van der Waals surface area contributed by atoms with Crippen LogP contribution in [0.2, 0.25) is 4.34 Å². The summed E-state index contributed by atoms with van der Waals surface area (Å²) in [6.45, 7) is 1.24. The zero-order chi connectivity index (χ0) is 26.1. The lowest BCUT2D eigenvalue weighted by molar-refractivity contribution is -0.133. The number of hydrogen-bond donors (Lipinski definition) is 2. The Kier molecular flexibility index (Phi) is 7.84. The second-order valence-electron chi connectivity index (χ2n) is 8.83. The number of aliphatic hydroxyl groups excluding tert-OH is 1. The van der Waals surface area contributed by atoms with E-state index in [1.54, 1.807) is 6.07 Å². The van der Waals surface area contributed by atoms with E-state index in [-0.39, 0.29) is 29.5 Å². The summed E-state index contributed by atoms with van der Waals surface area (Å²) < 4.78 is 40.2. The van der Waals surface area contributed by atoms with Crippen LogP contribution < -0.4 is 10.0 Å². The van der Waals surface area contributed by atoms with Crippen LogP contribution in [0.25, 0.3) is 11.1 Å². The molecule has 2 aromatic carbocycles. The van der Waals surface area contributed by atoms with Gasteiger partial charge in [0.15, 0.2) is 0 Å². The number of likely N-dealkylation sites (N-methyl/N-ethyl adjacent to an activating group) is 1. The van der Waals surface area contributed by atoms with Crippen LogP contribution >= 0.6 is 22.9 Å². The Morgan fingerprint density at radius 1 is 1.22 bits per heavy atom. The zero-order valence-corrected chi connectivity index (χ0v) is 22.0. The highest BCUT2D eigenvalue weighted by Crippen LogP contribution is 2.45. The second kappa shape index (κ2) is 10.6. The van der Waals surface area contributed by atoms with Crippen molar-refractivity contribution in [2.24, 2.45) is 5.14 Å². The number of nitrogens with two attached hydrogens (primary N) is 1. The number of anilines is 1. The lowest BCUT2D eigenvalue weighted by Crippen LogP contribution is -2.49. The molecule has 11 heteroatoms. The number of alkyl halides is 1. The van der Waals surface area contributed by atoms with Gasteiger partial charge in [0.1, 0.15) is 4.21 Å². The molecule has 0 aliphatic carbocycles. The summed E-state index contributed by atoms with van der Waals surface area (Å²) >= 11 is 6.65. The maximum absolute atomic E-state index is 16.4. The molecule has 1 fully saturated rings. The Morgan fingerprint density at radius 3 is 2.61 bits per heavy atom. The molecule has 4 rings (SSSR count). The minimum absolute atomic E-state index is 0.00142. The number of hydrogen-bond acceptors (Lipinski definition) is 6. The van der Waals surface area contributed by atoms with Crippen LogP contribution in [-0.2, 0) is 27.0 Å². The Balaban J connectivity index is 1.75. The van der Waals surface area contributed by atoms with Crippen molar-refractivity contribution in [3.63, 3.8) is 0 Å². The third-order valence-corrected chi connectivity index (χ3v) is 8.99. The molecule has 36 heavy (non-hydrogen) atoms. The smallest absolute Gasteiger partial charge is 0.269 e. The molecule has 1 amide bonds. The summed E-state index contributed by atoms with van der Waals surface area (Å²) in [5.41, 5.74) is 0.482. The first-order valence-electron chi connectivity index (χ1n) is 11.4. The molecule has 0 spiro atoms. The molecule has 1 unspecified atom stereocenters. The Morgan fingerprint density at radius 2 is 1.94 bits per heavy atom. The van der Waals surface area contributed by atoms with E-state index in [1.165, 1.54) is 11.0 Å². The number of rotatable bonds is 8. The van der Waals surface area contributed by atoms with E-state index in [0.29, 0.717) is 36.5 Å². The van der Waals surface area contributed by atoms with Crippen molar-refractivity contribution in [2.75, 3.05) is 31.6 Å². The van der Waals surface area contributed by atoms with Crippen molar-refractivity contribution < 1.29 is 22.7 Å². The minimum Gasteiger partial charge on any atom is -0.395 e. The molecular weight excluding hydrogens is 525 g/mol. The van der Waals surface area contributed by atoms with E-state index in [4.69, 9.17) is 16.7 Å². The van der Waals surface area contributed by atoms with Crippen LogP contribution in [-0.4, -0.2) is 51.1 Å². The van der Waals surface area contributed by atoms with Gasteiger partial charge >= 0.3 is 0 Å². The van der Waals surface area contributed by atoms with Gasteiger partial charge in [0.25, 0.3) is 5.91 Å². The summed E-state index contributed by atoms with van der Waals surface area (Å²) in [5, 5.41) is 14.6. The quantitative estimate of drug-likeness (QED) is 0.438. The monoisotopic (exact) mass is 551 g/mol. The number of carbonyl (C=O) groups excluding carboxylic acids is 1. The number of thiophene rings is 1. The van der Waals surface area contributed by atoms with Gasteiger partial charge in [-0.2, -0.15) is 0 Å². The van der Waals surface area contributed by atoms with Crippen LogP contribution in [0, 0.1) is 0 Å². The molecule has 192 valence electrons. The largest absolute Gasteiger partial charge is 0.395 e. The fourth-order valence-corrected chi connectivity index (χ4v) is 6.97. The van der Waals surface area contributed by atoms with Crippen molar-refractivity contribution in [1.82, 2.24) is 4.90 Å². The normalized spacial score (nSPS) is 18.7. The number of sulfonamides is 1. The third kappa shape index (κ3) is 5.34. The highest BCUT2D eigenvalue weighted by molar-refractivity contribution is 7.91. The standard InChI is InChI=1S/C25H27ClFN3O4S2/c1-29(12-13-31)16-18-14-19(8-9-20(18)17-6-3-2-4-7-17)30-11-5-10-25(27,24(30)32)21-15-22(26)35-23(21)36(28,33)34/h2-4,6-9,14-15,31H,5,10-13,16H2,1H3,(H2,28,33,34). The summed E-state index contributed by atoms with van der Waals surface area (Å²) in [7, 11) is -2.39.